The van der Waals surface area contributed by atoms with Crippen LogP contribution in [0, 0.1) is 5.92 Å². The molecule has 1 heterocycles. The van der Waals surface area contributed by atoms with Gasteiger partial charge in [-0.2, -0.15) is 0 Å². The van der Waals surface area contributed by atoms with Crippen molar-refractivity contribution >= 4 is 5.69 Å². The summed E-state index contributed by atoms with van der Waals surface area (Å²) in [4.78, 5) is 2.63. The largest absolute Gasteiger partial charge is 0.497 e. The van der Waals surface area contributed by atoms with Gasteiger partial charge in [-0.25, -0.2) is 0 Å². The van der Waals surface area contributed by atoms with E-state index in [2.05, 4.69) is 59.6 Å². The third-order valence-electron chi connectivity index (χ3n) is 5.43. The Morgan fingerprint density at radius 3 is 2.56 bits per heavy atom. The number of ether oxygens (including phenoxy) is 1. The van der Waals surface area contributed by atoms with Gasteiger partial charge in [0.15, 0.2) is 0 Å². The number of piperidine rings is 1. The second-order valence-electron chi connectivity index (χ2n) is 7.01. The maximum absolute atomic E-state index is 5.28. The molecular weight excluding hydrogens is 308 g/mol. The van der Waals surface area contributed by atoms with Crippen molar-refractivity contribution in [3.05, 3.63) is 60.2 Å². The number of hydrogen-bond donors (Lipinski definition) is 1. The zero-order chi connectivity index (χ0) is 17.5. The van der Waals surface area contributed by atoms with Gasteiger partial charge >= 0.3 is 0 Å². The Hall–Kier alpha value is -2.00. The summed E-state index contributed by atoms with van der Waals surface area (Å²) in [6, 6.07) is 19.6. The van der Waals surface area contributed by atoms with Crippen LogP contribution >= 0.6 is 0 Å². The SMILES string of the molecule is COc1cccc(NCCC2CCN(C(C)c3ccccc3)CC2)c1. The molecule has 2 aromatic carbocycles. The third-order valence-corrected chi connectivity index (χ3v) is 5.43. The molecule has 1 aliphatic rings. The lowest BCUT2D eigenvalue weighted by atomic mass is 9.92. The number of hydrogen-bond acceptors (Lipinski definition) is 3. The average Bonchev–Trinajstić information content (AvgIpc) is 2.69. The number of methoxy groups -OCH3 is 1. The van der Waals surface area contributed by atoms with Gasteiger partial charge in [-0.1, -0.05) is 36.4 Å². The van der Waals surface area contributed by atoms with Gasteiger partial charge in [0.2, 0.25) is 0 Å². The third kappa shape index (κ3) is 4.99. The van der Waals surface area contributed by atoms with Crippen LogP contribution in [-0.4, -0.2) is 31.6 Å². The molecule has 2 aromatic rings. The first kappa shape index (κ1) is 17.8. The summed E-state index contributed by atoms with van der Waals surface area (Å²) < 4.78 is 5.28. The Labute approximate surface area is 152 Å². The van der Waals surface area contributed by atoms with Crippen molar-refractivity contribution in [2.75, 3.05) is 32.1 Å². The van der Waals surface area contributed by atoms with Crippen molar-refractivity contribution in [2.45, 2.75) is 32.2 Å². The number of benzene rings is 2. The van der Waals surface area contributed by atoms with Crippen LogP contribution < -0.4 is 10.1 Å². The van der Waals surface area contributed by atoms with Gasteiger partial charge in [0.25, 0.3) is 0 Å². The van der Waals surface area contributed by atoms with E-state index in [0.29, 0.717) is 6.04 Å². The van der Waals surface area contributed by atoms with Crippen LogP contribution in [-0.2, 0) is 0 Å². The molecule has 1 aliphatic heterocycles. The molecule has 134 valence electrons. The maximum atomic E-state index is 5.28. The van der Waals surface area contributed by atoms with E-state index < -0.39 is 0 Å². The molecule has 1 unspecified atom stereocenters. The molecule has 1 N–H and O–H groups in total. The predicted molar refractivity (Wildman–Crippen MR) is 105 cm³/mol. The molecule has 3 rings (SSSR count). The highest BCUT2D eigenvalue weighted by Gasteiger charge is 2.23. The van der Waals surface area contributed by atoms with Crippen LogP contribution in [0.1, 0.15) is 37.8 Å². The number of anilines is 1. The molecule has 0 radical (unpaired) electrons. The lowest BCUT2D eigenvalue weighted by molar-refractivity contribution is 0.139. The monoisotopic (exact) mass is 338 g/mol. The van der Waals surface area contributed by atoms with Crippen LogP contribution in [0.5, 0.6) is 5.75 Å². The van der Waals surface area contributed by atoms with Crippen LogP contribution in [0.3, 0.4) is 0 Å². The lowest BCUT2D eigenvalue weighted by Gasteiger charge is -2.36. The van der Waals surface area contributed by atoms with E-state index in [-0.39, 0.29) is 0 Å². The highest BCUT2D eigenvalue weighted by atomic mass is 16.5. The molecule has 1 saturated heterocycles. The van der Waals surface area contributed by atoms with E-state index in [1.807, 2.05) is 12.1 Å². The molecule has 0 amide bonds. The zero-order valence-corrected chi connectivity index (χ0v) is 15.4. The smallest absolute Gasteiger partial charge is 0.120 e. The minimum absolute atomic E-state index is 0.525. The Morgan fingerprint density at radius 2 is 1.84 bits per heavy atom. The molecular formula is C22H30N2O. The van der Waals surface area contributed by atoms with Crippen LogP contribution in [0.2, 0.25) is 0 Å². The van der Waals surface area contributed by atoms with Gasteiger partial charge in [-0.15, -0.1) is 0 Å². The molecule has 0 aliphatic carbocycles. The molecule has 0 spiro atoms. The molecule has 0 aromatic heterocycles. The Morgan fingerprint density at radius 1 is 1.08 bits per heavy atom. The number of nitrogens with zero attached hydrogens (tertiary/aromatic N) is 1. The number of rotatable bonds is 7. The number of nitrogens with one attached hydrogen (secondary N) is 1. The quantitative estimate of drug-likeness (QED) is 0.771. The summed E-state index contributed by atoms with van der Waals surface area (Å²) in [7, 11) is 1.71. The summed E-state index contributed by atoms with van der Waals surface area (Å²) in [6.45, 7) is 5.78. The van der Waals surface area contributed by atoms with Gasteiger partial charge in [0.05, 0.1) is 7.11 Å². The standard InChI is InChI=1S/C22H30N2O/c1-18(20-7-4-3-5-8-20)24-15-12-19(13-16-24)11-14-23-21-9-6-10-22(17-21)25-2/h3-10,17-19,23H,11-16H2,1-2H3. The van der Waals surface area contributed by atoms with E-state index in [9.17, 15) is 0 Å². The highest BCUT2D eigenvalue weighted by molar-refractivity contribution is 5.48. The van der Waals surface area contributed by atoms with Gasteiger partial charge in [0, 0.05) is 24.3 Å². The summed E-state index contributed by atoms with van der Waals surface area (Å²) in [6.07, 6.45) is 3.85. The van der Waals surface area contributed by atoms with E-state index in [1.165, 1.54) is 37.9 Å². The van der Waals surface area contributed by atoms with E-state index in [0.717, 1.165) is 23.9 Å². The van der Waals surface area contributed by atoms with Crippen LogP contribution in [0.25, 0.3) is 0 Å². The van der Waals surface area contributed by atoms with Crippen molar-refractivity contribution < 1.29 is 4.74 Å². The molecule has 3 nitrogen and oxygen atoms in total. The molecule has 0 bridgehead atoms. The van der Waals surface area contributed by atoms with Crippen molar-refractivity contribution in [3.8, 4) is 5.75 Å². The number of likely N-dealkylation sites (tertiary alicyclic amines) is 1. The van der Waals surface area contributed by atoms with Crippen molar-refractivity contribution in [1.29, 1.82) is 0 Å². The predicted octanol–water partition coefficient (Wildman–Crippen LogP) is 4.97. The average molecular weight is 338 g/mol. The summed E-state index contributed by atoms with van der Waals surface area (Å²) >= 11 is 0. The minimum Gasteiger partial charge on any atom is -0.497 e. The van der Waals surface area contributed by atoms with Gasteiger partial charge < -0.3 is 10.1 Å². The van der Waals surface area contributed by atoms with Crippen molar-refractivity contribution in [2.24, 2.45) is 5.92 Å². The van der Waals surface area contributed by atoms with Gasteiger partial charge in [-0.3, -0.25) is 4.90 Å². The molecule has 3 heteroatoms. The second-order valence-corrected chi connectivity index (χ2v) is 7.01. The van der Waals surface area contributed by atoms with E-state index >= 15 is 0 Å². The fourth-order valence-electron chi connectivity index (χ4n) is 3.72. The fourth-order valence-corrected chi connectivity index (χ4v) is 3.72. The first-order valence-electron chi connectivity index (χ1n) is 9.43. The summed E-state index contributed by atoms with van der Waals surface area (Å²) in [5.74, 6) is 1.74. The van der Waals surface area contributed by atoms with Crippen molar-refractivity contribution in [3.63, 3.8) is 0 Å². The van der Waals surface area contributed by atoms with Crippen LogP contribution in [0.4, 0.5) is 5.69 Å². The topological polar surface area (TPSA) is 24.5 Å². The summed E-state index contributed by atoms with van der Waals surface area (Å²) in [5.41, 5.74) is 2.58. The lowest BCUT2D eigenvalue weighted by Crippen LogP contribution is -2.36. The Kier molecular flexibility index (Phi) is 6.35. The normalized spacial score (nSPS) is 17.2. The highest BCUT2D eigenvalue weighted by Crippen LogP contribution is 2.28. The second kappa shape index (κ2) is 8.91. The molecule has 1 atom stereocenters. The first-order valence-corrected chi connectivity index (χ1v) is 9.43. The molecule has 25 heavy (non-hydrogen) atoms. The van der Waals surface area contributed by atoms with Crippen LogP contribution in [0.15, 0.2) is 54.6 Å². The first-order chi connectivity index (χ1) is 12.3. The minimum atomic E-state index is 0.525. The van der Waals surface area contributed by atoms with Gasteiger partial charge in [0.1, 0.15) is 5.75 Å². The Balaban J connectivity index is 1.40. The fraction of sp³-hybridized carbons (Fsp3) is 0.455. The van der Waals surface area contributed by atoms with Crippen molar-refractivity contribution in [1.82, 2.24) is 4.90 Å². The Bertz CT molecular complexity index is 635. The van der Waals surface area contributed by atoms with E-state index in [4.69, 9.17) is 4.74 Å². The molecule has 0 saturated carbocycles. The molecule has 1 fully saturated rings. The van der Waals surface area contributed by atoms with E-state index in [1.54, 1.807) is 7.11 Å². The van der Waals surface area contributed by atoms with Gasteiger partial charge in [-0.05, 0) is 62.9 Å². The zero-order valence-electron chi connectivity index (χ0n) is 15.4. The summed E-state index contributed by atoms with van der Waals surface area (Å²) in [5, 5.41) is 3.53. The maximum Gasteiger partial charge on any atom is 0.120 e.